The third-order valence-electron chi connectivity index (χ3n) is 39.5. The largest absolute Gasteiger partial charge is 0.493 e. The van der Waals surface area contributed by atoms with Gasteiger partial charge < -0.3 is 14.2 Å². The maximum Gasteiger partial charge on any atom is 0.150 e. The fourth-order valence-corrected chi connectivity index (χ4v) is 34.7. The molecule has 3 saturated heterocycles. The van der Waals surface area contributed by atoms with Crippen LogP contribution in [0.15, 0.2) is 24.3 Å². The maximum absolute atomic E-state index is 11.9. The number of hydrogen-bond acceptors (Lipinski definition) is 9. The van der Waals surface area contributed by atoms with Crippen LogP contribution < -0.4 is 4.74 Å². The molecule has 2 bridgehead atoms. The number of sulfone groups is 1. The van der Waals surface area contributed by atoms with Gasteiger partial charge in [-0.3, -0.25) is 19.2 Å². The minimum atomic E-state index is -2.81. The molecule has 1 aromatic carbocycles. The monoisotopic (exact) mass is 2120 g/mol. The van der Waals surface area contributed by atoms with Crippen LogP contribution in [-0.4, -0.2) is 75.6 Å². The van der Waals surface area contributed by atoms with Crippen LogP contribution in [0.3, 0.4) is 0 Å². The zero-order valence-corrected chi connectivity index (χ0v) is 112. The quantitative estimate of drug-likeness (QED) is 0.233. The van der Waals surface area contributed by atoms with Crippen LogP contribution in [0.25, 0.3) is 0 Å². The molecule has 11 fully saturated rings. The summed E-state index contributed by atoms with van der Waals surface area (Å²) in [5.41, 5.74) is 7.42. The van der Waals surface area contributed by atoms with Crippen molar-refractivity contribution in [2.24, 2.45) is 238 Å². The van der Waals surface area contributed by atoms with Crippen molar-refractivity contribution in [2.45, 2.75) is 556 Å². The lowest BCUT2D eigenvalue weighted by Gasteiger charge is -2.54. The number of para-hydroxylation sites is 1. The first-order valence-corrected chi connectivity index (χ1v) is 63.6. The van der Waals surface area contributed by atoms with Gasteiger partial charge in [0, 0.05) is 42.9 Å². The summed E-state index contributed by atoms with van der Waals surface area (Å²) in [6.07, 6.45) is 25.5. The number of Topliss-reactive ketones (excluding diaryl/α,β-unsaturated/α-hetero) is 4. The summed E-state index contributed by atoms with van der Waals surface area (Å²) in [5, 5.41) is 0. The van der Waals surface area contributed by atoms with Crippen LogP contribution in [0.1, 0.15) is 555 Å². The van der Waals surface area contributed by atoms with Gasteiger partial charge in [-0.15, -0.1) is 0 Å². The standard InChI is InChI=1S/C17H32O.C17H26O.C15H28.C14H26O.C14H28.C13H22O2.C13H24O.C13H26.C12H24O2S.C12H24O/c2*1-16(2,3)13-11-18-14-10-8-7-9-12(14)15(13)17(4,5)6;1-14(2,3)12-10-7-8-11(9-10)13(12)15(4,5)6;1-13(2,3)11-8-7-10(15)9-12(11)14(4,5)6;1-13(2,3)11-9-7-8-10-12(11)14(4,5)6;1-12(2,3)10-8(14)7-9(15)11(10)13(4,5)6;1-12(2,3)9-7-8-10(14)11(9)13(4,5)6;1-12(2,3)10-8-7-9-11(10)13(4,5)6;1-11(2,3)9-7-15(13,14)8-10(9)12(4,5)6;1-11(2,3)9-7-13-8-10(9)12(4,5)6/h12-15H,7-11H2,1-6H3;7-10,13,15H,11H2,1-6H3;10-13H,7-9H2,1-6H3;11-12H,7-9H2,1-6H3;11-12H,7-10H2,1-6H3;10-11H,7H2,1-6H3;9,11H,7-8H2,1-6H3;10-11H,7-9H2,1-6H3;9-10H,7-8H2,1-6H3;9-10H,7-8H2,1-6H3/t12?,13-,14?,15+;13-,15+;;;;;;;9-,10+;/m11......../s1. The predicted octanol–water partition coefficient (Wildman–Crippen LogP) is 40.6. The fourth-order valence-electron chi connectivity index (χ4n) is 32.0. The Balaban J connectivity index is 0.000000347. The van der Waals surface area contributed by atoms with Gasteiger partial charge in [-0.25, -0.2) is 8.42 Å². The Kier molecular flexibility index (Phi) is 47.6. The van der Waals surface area contributed by atoms with Crippen molar-refractivity contribution < 1.29 is 41.8 Å². The van der Waals surface area contributed by atoms with Crippen molar-refractivity contribution in [2.75, 3.05) is 37.9 Å². The molecule has 0 amide bonds. The second-order valence-corrected chi connectivity index (χ2v) is 75.1. The van der Waals surface area contributed by atoms with E-state index in [0.717, 1.165) is 123 Å². The molecule has 9 nitrogen and oxygen atoms in total. The molecule has 4 aliphatic heterocycles. The van der Waals surface area contributed by atoms with Crippen molar-refractivity contribution in [1.29, 1.82) is 0 Å². The average molecular weight is 2120 g/mol. The number of carbonyl (C=O) groups excluding carboxylic acids is 4. The minimum absolute atomic E-state index is 0.0848. The zero-order valence-electron chi connectivity index (χ0n) is 112. The molecular weight excluding hydrogens is 1860 g/mol. The molecule has 4 heterocycles. The molecule has 8 aliphatic carbocycles. The van der Waals surface area contributed by atoms with Gasteiger partial charge in [-0.05, 0) is 303 Å². The molecule has 18 unspecified atom stereocenters. The summed E-state index contributed by atoms with van der Waals surface area (Å²) in [6.45, 7) is 142. The van der Waals surface area contributed by atoms with Gasteiger partial charge in [-0.2, -0.15) is 0 Å². The second kappa shape index (κ2) is 51.1. The predicted molar refractivity (Wildman–Crippen MR) is 652 cm³/mol. The number of benzene rings is 1. The van der Waals surface area contributed by atoms with E-state index in [9.17, 15) is 27.6 Å². The molecule has 0 radical (unpaired) electrons. The maximum atomic E-state index is 11.9. The van der Waals surface area contributed by atoms with E-state index in [-0.39, 0.29) is 84.5 Å². The Morgan fingerprint density at radius 2 is 0.553 bits per heavy atom. The third kappa shape index (κ3) is 40.7. The van der Waals surface area contributed by atoms with Gasteiger partial charge in [0.15, 0.2) is 9.84 Å². The normalized spacial score (nSPS) is 31.6. The van der Waals surface area contributed by atoms with E-state index in [4.69, 9.17) is 14.2 Å². The number of ketones is 4. The van der Waals surface area contributed by atoms with E-state index in [2.05, 4.69) is 398 Å². The Labute approximate surface area is 936 Å². The van der Waals surface area contributed by atoms with E-state index in [1.54, 1.807) is 0 Å². The highest BCUT2D eigenvalue weighted by Gasteiger charge is 2.59. The molecule has 0 spiro atoms. The topological polar surface area (TPSA) is 130 Å². The highest BCUT2D eigenvalue weighted by molar-refractivity contribution is 7.91. The van der Waals surface area contributed by atoms with E-state index in [1.165, 1.54) is 95.5 Å². The van der Waals surface area contributed by atoms with Gasteiger partial charge in [0.25, 0.3) is 0 Å². The SMILES string of the molecule is CC(C)(C)C1C(=O)CC(=O)C1C(C)(C)C.CC(C)(C)C1C2CCC(C2)C1C(C)(C)C.CC(C)(C)C1CCC(=O)C1C(C)(C)C.CC(C)(C)C1CCC(=O)CC1C(C)(C)C.CC(C)(C)C1CCCC1C(C)(C)C.CC(C)(C)C1CCCCC1C(C)(C)C.CC(C)(C)C1COCC1C(C)(C)C.CC(C)(C)[C@@H]1COC2CCCCC2[C@@H]1C(C)(C)C.CC(C)(C)[C@@H]1COc2ccccc2[C@@H]1C(C)(C)C.CC(C)(C)[C@@H]1CS(=O)(=O)C[C@@H]1C(C)(C)C. The van der Waals surface area contributed by atoms with Gasteiger partial charge in [0.2, 0.25) is 0 Å². The smallest absolute Gasteiger partial charge is 0.150 e. The summed E-state index contributed by atoms with van der Waals surface area (Å²) >= 11 is 0. The van der Waals surface area contributed by atoms with Crippen LogP contribution in [0.4, 0.5) is 0 Å². The average Bonchev–Trinajstić information content (AvgIpc) is 1.41. The van der Waals surface area contributed by atoms with Crippen molar-refractivity contribution in [1.82, 2.24) is 0 Å². The molecule has 150 heavy (non-hydrogen) atoms. The van der Waals surface area contributed by atoms with Crippen molar-refractivity contribution in [3.63, 3.8) is 0 Å². The Morgan fingerprint density at radius 3 is 0.873 bits per heavy atom. The molecule has 10 heteroatoms. The van der Waals surface area contributed by atoms with Gasteiger partial charge in [-0.1, -0.05) is 466 Å². The van der Waals surface area contributed by atoms with E-state index < -0.39 is 9.84 Å². The molecule has 13 rings (SSSR count). The molecule has 8 saturated carbocycles. The van der Waals surface area contributed by atoms with Gasteiger partial charge in [0.05, 0.1) is 50.5 Å². The highest BCUT2D eigenvalue weighted by Crippen LogP contribution is 2.64. The van der Waals surface area contributed by atoms with Crippen molar-refractivity contribution in [3.05, 3.63) is 29.8 Å². The number of ether oxygens (including phenoxy) is 3. The Morgan fingerprint density at radius 1 is 0.247 bits per heavy atom. The molecule has 24 atom stereocenters. The summed E-state index contributed by atoms with van der Waals surface area (Å²) in [4.78, 5) is 47.2. The van der Waals surface area contributed by atoms with Crippen LogP contribution in [0, 0.1) is 238 Å². The van der Waals surface area contributed by atoms with Crippen molar-refractivity contribution >= 4 is 33.0 Å². The number of hydrogen-bond donors (Lipinski definition) is 0. The lowest BCUT2D eigenvalue weighted by Crippen LogP contribution is -2.52. The second-order valence-electron chi connectivity index (χ2n) is 72.9. The highest BCUT2D eigenvalue weighted by atomic mass is 32.2. The summed E-state index contributed by atoms with van der Waals surface area (Å²) in [7, 11) is -2.81. The third-order valence-corrected chi connectivity index (χ3v) is 41.3. The van der Waals surface area contributed by atoms with Crippen LogP contribution >= 0.6 is 0 Å². The van der Waals surface area contributed by atoms with Crippen LogP contribution in [0.5, 0.6) is 5.75 Å². The zero-order chi connectivity index (χ0) is 117. The van der Waals surface area contributed by atoms with Crippen LogP contribution in [-0.2, 0) is 38.5 Å². The van der Waals surface area contributed by atoms with Crippen molar-refractivity contribution in [3.8, 4) is 5.75 Å². The molecule has 1 aromatic rings. The number of fused-ring (bicyclic) bond motifs is 4. The molecule has 0 aromatic heterocycles. The first-order valence-electron chi connectivity index (χ1n) is 61.8. The van der Waals surface area contributed by atoms with Gasteiger partial charge in [0.1, 0.15) is 28.9 Å². The lowest BCUT2D eigenvalue weighted by molar-refractivity contribution is -0.161. The molecule has 0 N–H and O–H groups in total. The number of carbonyl (C=O) groups is 4. The van der Waals surface area contributed by atoms with Gasteiger partial charge >= 0.3 is 0 Å². The first-order chi connectivity index (χ1) is 66.6. The summed E-state index contributed by atoms with van der Waals surface area (Å²) in [6, 6.07) is 8.54. The fraction of sp³-hybridized carbons (Fsp3) is 0.929. The summed E-state index contributed by atoms with van der Waals surface area (Å²) in [5.74, 6) is 18.1. The minimum Gasteiger partial charge on any atom is -0.493 e. The van der Waals surface area contributed by atoms with E-state index in [0.29, 0.717) is 148 Å². The number of rotatable bonds is 0. The van der Waals surface area contributed by atoms with E-state index in [1.807, 2.05) is 41.5 Å². The molecule has 880 valence electrons. The molecular formula is C140H260O9S. The summed E-state index contributed by atoms with van der Waals surface area (Å²) < 4.78 is 41.3. The Hall–Kier alpha value is -2.43. The molecule has 12 aliphatic rings. The van der Waals surface area contributed by atoms with Crippen LogP contribution in [0.2, 0.25) is 0 Å². The lowest BCUT2D eigenvalue weighted by atomic mass is 9.56. The van der Waals surface area contributed by atoms with E-state index >= 15 is 0 Å². The first kappa shape index (κ1) is 140. The Bertz CT molecular complexity index is 4210.